The molecule has 1 aromatic carbocycles. The van der Waals surface area contributed by atoms with E-state index in [-0.39, 0.29) is 5.54 Å². The van der Waals surface area contributed by atoms with E-state index in [4.69, 9.17) is 5.73 Å². The number of rotatable bonds is 2. The molecule has 18 heavy (non-hydrogen) atoms. The lowest BCUT2D eigenvalue weighted by molar-refractivity contribution is 0.459. The largest absolute Gasteiger partial charge is 0.371 e. The van der Waals surface area contributed by atoms with E-state index in [9.17, 15) is 0 Å². The Labute approximate surface area is 118 Å². The molecule has 0 atom stereocenters. The Kier molecular flexibility index (Phi) is 3.37. The fraction of sp³-hybridized carbons (Fsp3) is 0.600. The summed E-state index contributed by atoms with van der Waals surface area (Å²) < 4.78 is 1.19. The third-order valence-electron chi connectivity index (χ3n) is 4.43. The van der Waals surface area contributed by atoms with Crippen molar-refractivity contribution in [3.63, 3.8) is 0 Å². The van der Waals surface area contributed by atoms with Crippen LogP contribution in [0.5, 0.6) is 0 Å². The average molecular weight is 309 g/mol. The molecule has 0 radical (unpaired) electrons. The Hall–Kier alpha value is -0.540. The first-order valence-electron chi connectivity index (χ1n) is 7.03. The number of hydrogen-bond donors (Lipinski definition) is 1. The first-order chi connectivity index (χ1) is 8.71. The van der Waals surface area contributed by atoms with Crippen LogP contribution in [-0.2, 0) is 5.54 Å². The molecular formula is C15H21BrN2. The third-order valence-corrected chi connectivity index (χ3v) is 5.09. The molecule has 1 aliphatic heterocycles. The maximum absolute atomic E-state index is 6.69. The third kappa shape index (κ3) is 2.08. The lowest BCUT2D eigenvalue weighted by atomic mass is 9.87. The minimum absolute atomic E-state index is 0.113. The van der Waals surface area contributed by atoms with Gasteiger partial charge in [-0.1, -0.05) is 34.8 Å². The minimum atomic E-state index is -0.113. The highest BCUT2D eigenvalue weighted by molar-refractivity contribution is 9.10. The Morgan fingerprint density at radius 2 is 1.72 bits per heavy atom. The van der Waals surface area contributed by atoms with Crippen LogP contribution < -0.4 is 10.6 Å². The molecule has 1 saturated heterocycles. The highest BCUT2D eigenvalue weighted by Gasteiger charge is 2.36. The van der Waals surface area contributed by atoms with Gasteiger partial charge in [0.05, 0.1) is 0 Å². The van der Waals surface area contributed by atoms with E-state index in [1.165, 1.54) is 54.5 Å². The van der Waals surface area contributed by atoms with Crippen LogP contribution in [0.1, 0.15) is 44.1 Å². The molecule has 0 unspecified atom stereocenters. The van der Waals surface area contributed by atoms with Crippen LogP contribution >= 0.6 is 15.9 Å². The lowest BCUT2D eigenvalue weighted by Gasteiger charge is -2.32. The summed E-state index contributed by atoms with van der Waals surface area (Å²) in [6.07, 6.45) is 7.38. The second-order valence-electron chi connectivity index (χ2n) is 5.69. The summed E-state index contributed by atoms with van der Waals surface area (Å²) in [5.74, 6) is 0. The number of hydrogen-bond acceptors (Lipinski definition) is 2. The van der Waals surface area contributed by atoms with Gasteiger partial charge in [-0.15, -0.1) is 0 Å². The first kappa shape index (κ1) is 12.5. The van der Waals surface area contributed by atoms with Crippen LogP contribution in [0.2, 0.25) is 0 Å². The second kappa shape index (κ2) is 4.86. The van der Waals surface area contributed by atoms with Gasteiger partial charge in [-0.05, 0) is 37.8 Å². The van der Waals surface area contributed by atoms with E-state index in [2.05, 4.69) is 39.0 Å². The molecule has 1 aromatic rings. The van der Waals surface area contributed by atoms with Gasteiger partial charge < -0.3 is 10.6 Å². The van der Waals surface area contributed by atoms with Gasteiger partial charge in [0.25, 0.3) is 0 Å². The zero-order valence-corrected chi connectivity index (χ0v) is 12.4. The van der Waals surface area contributed by atoms with E-state index < -0.39 is 0 Å². The van der Waals surface area contributed by atoms with E-state index in [0.717, 1.165) is 12.8 Å². The average Bonchev–Trinajstić information content (AvgIpc) is 3.00. The smallest absolute Gasteiger partial charge is 0.0441 e. The molecular weight excluding hydrogens is 288 g/mol. The van der Waals surface area contributed by atoms with E-state index in [0.29, 0.717) is 0 Å². The second-order valence-corrected chi connectivity index (χ2v) is 6.55. The molecule has 2 fully saturated rings. The summed E-state index contributed by atoms with van der Waals surface area (Å²) in [5.41, 5.74) is 9.30. The molecule has 1 saturated carbocycles. The van der Waals surface area contributed by atoms with Crippen LogP contribution in [0.3, 0.4) is 0 Å². The Morgan fingerprint density at radius 1 is 1.06 bits per heavy atom. The van der Waals surface area contributed by atoms with Gasteiger partial charge in [0.2, 0.25) is 0 Å². The fourth-order valence-electron chi connectivity index (χ4n) is 3.48. The van der Waals surface area contributed by atoms with Crippen molar-refractivity contribution < 1.29 is 0 Å². The van der Waals surface area contributed by atoms with E-state index in [1.54, 1.807) is 0 Å². The first-order valence-corrected chi connectivity index (χ1v) is 7.83. The molecule has 0 bridgehead atoms. The number of anilines is 1. The molecule has 1 aliphatic carbocycles. The number of nitrogens with two attached hydrogens (primary N) is 1. The predicted molar refractivity (Wildman–Crippen MR) is 79.9 cm³/mol. The summed E-state index contributed by atoms with van der Waals surface area (Å²) >= 11 is 3.73. The zero-order valence-electron chi connectivity index (χ0n) is 10.8. The molecule has 1 heterocycles. The van der Waals surface area contributed by atoms with E-state index in [1.807, 2.05) is 0 Å². The topological polar surface area (TPSA) is 29.3 Å². The molecule has 2 aliphatic rings. The molecule has 0 spiro atoms. The summed E-state index contributed by atoms with van der Waals surface area (Å²) in [7, 11) is 0. The molecule has 0 aromatic heterocycles. The SMILES string of the molecule is NC1(c2c(Br)cccc2N2CCCC2)CCCC1. The predicted octanol–water partition coefficient (Wildman–Crippen LogP) is 3.78. The monoisotopic (exact) mass is 308 g/mol. The molecule has 0 amide bonds. The molecule has 2 N–H and O–H groups in total. The van der Waals surface area contributed by atoms with Crippen molar-refractivity contribution in [1.29, 1.82) is 0 Å². The van der Waals surface area contributed by atoms with Crippen molar-refractivity contribution in [2.24, 2.45) is 5.73 Å². The Balaban J connectivity index is 2.05. The van der Waals surface area contributed by atoms with Crippen LogP contribution in [0, 0.1) is 0 Å². The molecule has 2 nitrogen and oxygen atoms in total. The minimum Gasteiger partial charge on any atom is -0.371 e. The number of halogens is 1. The Morgan fingerprint density at radius 3 is 2.39 bits per heavy atom. The standard InChI is InChI=1S/C15H21BrN2/c16-12-6-5-7-13(18-10-3-4-11-18)14(12)15(17)8-1-2-9-15/h5-7H,1-4,8-11,17H2. The van der Waals surface area contributed by atoms with Crippen LogP contribution in [0.25, 0.3) is 0 Å². The van der Waals surface area contributed by atoms with Gasteiger partial charge >= 0.3 is 0 Å². The number of benzene rings is 1. The van der Waals surface area contributed by atoms with Crippen molar-refractivity contribution in [2.45, 2.75) is 44.1 Å². The maximum Gasteiger partial charge on any atom is 0.0441 e. The normalized spacial score (nSPS) is 22.7. The molecule has 3 heteroatoms. The van der Waals surface area contributed by atoms with Crippen LogP contribution in [0.15, 0.2) is 22.7 Å². The maximum atomic E-state index is 6.69. The van der Waals surface area contributed by atoms with Crippen molar-refractivity contribution in [2.75, 3.05) is 18.0 Å². The van der Waals surface area contributed by atoms with Gasteiger partial charge in [0, 0.05) is 34.4 Å². The van der Waals surface area contributed by atoms with Gasteiger partial charge in [0.15, 0.2) is 0 Å². The molecule has 3 rings (SSSR count). The van der Waals surface area contributed by atoms with Crippen LogP contribution in [0.4, 0.5) is 5.69 Å². The van der Waals surface area contributed by atoms with Crippen LogP contribution in [-0.4, -0.2) is 13.1 Å². The quantitative estimate of drug-likeness (QED) is 0.901. The summed E-state index contributed by atoms with van der Waals surface area (Å²) in [6, 6.07) is 6.53. The van der Waals surface area contributed by atoms with Gasteiger partial charge in [-0.2, -0.15) is 0 Å². The van der Waals surface area contributed by atoms with Gasteiger partial charge in [-0.3, -0.25) is 0 Å². The molecule has 98 valence electrons. The summed E-state index contributed by atoms with van der Waals surface area (Å²) in [5, 5.41) is 0. The number of nitrogens with zero attached hydrogens (tertiary/aromatic N) is 1. The van der Waals surface area contributed by atoms with Gasteiger partial charge in [0.1, 0.15) is 0 Å². The summed E-state index contributed by atoms with van der Waals surface area (Å²) in [4.78, 5) is 2.51. The van der Waals surface area contributed by atoms with E-state index >= 15 is 0 Å². The lowest BCUT2D eigenvalue weighted by Crippen LogP contribution is -2.36. The van der Waals surface area contributed by atoms with Crippen molar-refractivity contribution >= 4 is 21.6 Å². The Bertz CT molecular complexity index is 432. The van der Waals surface area contributed by atoms with Crippen molar-refractivity contribution in [3.8, 4) is 0 Å². The summed E-state index contributed by atoms with van der Waals surface area (Å²) in [6.45, 7) is 2.36. The van der Waals surface area contributed by atoms with Crippen molar-refractivity contribution in [1.82, 2.24) is 0 Å². The fourth-order valence-corrected chi connectivity index (χ4v) is 4.23. The highest BCUT2D eigenvalue weighted by atomic mass is 79.9. The highest BCUT2D eigenvalue weighted by Crippen LogP contribution is 2.44. The van der Waals surface area contributed by atoms with Crippen molar-refractivity contribution in [3.05, 3.63) is 28.2 Å². The zero-order chi connectivity index (χ0) is 12.6. The van der Waals surface area contributed by atoms with Gasteiger partial charge in [-0.25, -0.2) is 0 Å².